The standard InChI is InChI=1S/C26H28N8O2/c1-35-22-13-21(14-23(15-22)36-2)31-24-29-18-30-26(32-24)34-10-8-33(9-11-34)25-27-16-20(17-28-25)12-19-6-4-3-5-7-19/h3-7,13-18H,8-12H2,1-2H3,(H,29,30,31,32). The summed E-state index contributed by atoms with van der Waals surface area (Å²) in [5, 5.41) is 3.21. The van der Waals surface area contributed by atoms with Crippen molar-refractivity contribution in [1.82, 2.24) is 24.9 Å². The molecule has 1 aliphatic rings. The Morgan fingerprint density at radius 1 is 0.750 bits per heavy atom. The van der Waals surface area contributed by atoms with Crippen molar-refractivity contribution in [2.45, 2.75) is 6.42 Å². The molecular formula is C26H28N8O2. The van der Waals surface area contributed by atoms with E-state index >= 15 is 0 Å². The molecule has 2 aromatic carbocycles. The minimum Gasteiger partial charge on any atom is -0.497 e. The summed E-state index contributed by atoms with van der Waals surface area (Å²) in [6, 6.07) is 15.9. The highest BCUT2D eigenvalue weighted by atomic mass is 16.5. The zero-order valence-corrected chi connectivity index (χ0v) is 20.3. The van der Waals surface area contributed by atoms with Crippen LogP contribution in [0.15, 0.2) is 67.3 Å². The second-order valence-electron chi connectivity index (χ2n) is 8.36. The lowest BCUT2D eigenvalue weighted by atomic mass is 10.1. The van der Waals surface area contributed by atoms with Crippen molar-refractivity contribution in [3.63, 3.8) is 0 Å². The smallest absolute Gasteiger partial charge is 0.232 e. The van der Waals surface area contributed by atoms with Crippen molar-refractivity contribution < 1.29 is 9.47 Å². The monoisotopic (exact) mass is 484 g/mol. The first-order valence-corrected chi connectivity index (χ1v) is 11.7. The number of piperazine rings is 1. The van der Waals surface area contributed by atoms with Crippen molar-refractivity contribution in [2.24, 2.45) is 0 Å². The molecule has 1 aliphatic heterocycles. The molecule has 0 bridgehead atoms. The zero-order chi connectivity index (χ0) is 24.7. The summed E-state index contributed by atoms with van der Waals surface area (Å²) < 4.78 is 10.7. The molecular weight excluding hydrogens is 456 g/mol. The number of hydrogen-bond acceptors (Lipinski definition) is 10. The van der Waals surface area contributed by atoms with Gasteiger partial charge in [0.05, 0.1) is 14.2 Å². The number of hydrogen-bond donors (Lipinski definition) is 1. The fourth-order valence-corrected chi connectivity index (χ4v) is 4.05. The van der Waals surface area contributed by atoms with Gasteiger partial charge in [-0.05, 0) is 11.1 Å². The molecule has 36 heavy (non-hydrogen) atoms. The van der Waals surface area contributed by atoms with Gasteiger partial charge in [-0.25, -0.2) is 19.9 Å². The Labute approximate surface area is 210 Å². The molecule has 3 heterocycles. The maximum absolute atomic E-state index is 5.34. The largest absolute Gasteiger partial charge is 0.497 e. The lowest BCUT2D eigenvalue weighted by molar-refractivity contribution is 0.395. The van der Waals surface area contributed by atoms with Crippen LogP contribution < -0.4 is 24.6 Å². The summed E-state index contributed by atoms with van der Waals surface area (Å²) >= 11 is 0. The van der Waals surface area contributed by atoms with Crippen LogP contribution >= 0.6 is 0 Å². The van der Waals surface area contributed by atoms with Crippen molar-refractivity contribution in [3.8, 4) is 11.5 Å². The number of aromatic nitrogens is 5. The summed E-state index contributed by atoms with van der Waals surface area (Å²) in [6.07, 6.45) is 6.18. The van der Waals surface area contributed by atoms with Gasteiger partial charge in [0.25, 0.3) is 0 Å². The highest BCUT2D eigenvalue weighted by Gasteiger charge is 2.21. The van der Waals surface area contributed by atoms with E-state index in [2.05, 4.69) is 52.2 Å². The fraction of sp³-hybridized carbons (Fsp3) is 0.269. The van der Waals surface area contributed by atoms with Crippen LogP contribution in [0.2, 0.25) is 0 Å². The van der Waals surface area contributed by atoms with Gasteiger partial charge in [0.1, 0.15) is 17.8 Å². The molecule has 1 fully saturated rings. The second kappa shape index (κ2) is 10.9. The van der Waals surface area contributed by atoms with Gasteiger partial charge in [0.2, 0.25) is 17.8 Å². The number of nitrogens with zero attached hydrogens (tertiary/aromatic N) is 7. The van der Waals surface area contributed by atoms with Gasteiger partial charge in [0.15, 0.2) is 0 Å². The molecule has 0 saturated carbocycles. The van der Waals surface area contributed by atoms with Gasteiger partial charge in [0, 0.05) is 68.9 Å². The van der Waals surface area contributed by atoms with Crippen LogP contribution in [0.1, 0.15) is 11.1 Å². The molecule has 0 radical (unpaired) electrons. The summed E-state index contributed by atoms with van der Waals surface area (Å²) in [4.78, 5) is 26.8. The SMILES string of the molecule is COc1cc(Nc2ncnc(N3CCN(c4ncc(Cc5ccccc5)cn4)CC3)n2)cc(OC)c1. The fourth-order valence-electron chi connectivity index (χ4n) is 4.05. The Kier molecular flexibility index (Phi) is 7.02. The number of nitrogens with one attached hydrogen (secondary N) is 1. The van der Waals surface area contributed by atoms with Gasteiger partial charge in [-0.1, -0.05) is 30.3 Å². The van der Waals surface area contributed by atoms with Crippen LogP contribution in [0, 0.1) is 0 Å². The highest BCUT2D eigenvalue weighted by molar-refractivity contribution is 5.60. The van der Waals surface area contributed by atoms with E-state index in [0.29, 0.717) is 23.4 Å². The topological polar surface area (TPSA) is 101 Å². The first kappa shape index (κ1) is 23.3. The molecule has 10 heteroatoms. The Morgan fingerprint density at radius 2 is 1.39 bits per heavy atom. The maximum atomic E-state index is 5.34. The van der Waals surface area contributed by atoms with Gasteiger partial charge in [-0.2, -0.15) is 4.98 Å². The third-order valence-electron chi connectivity index (χ3n) is 5.95. The summed E-state index contributed by atoms with van der Waals surface area (Å²) in [6.45, 7) is 3.07. The first-order chi connectivity index (χ1) is 17.7. The average molecular weight is 485 g/mol. The van der Waals surface area contributed by atoms with Gasteiger partial charge in [-0.3, -0.25) is 0 Å². The third-order valence-corrected chi connectivity index (χ3v) is 5.95. The molecule has 0 atom stereocenters. The van der Waals surface area contributed by atoms with E-state index in [1.165, 1.54) is 11.9 Å². The minimum absolute atomic E-state index is 0.454. The molecule has 0 spiro atoms. The molecule has 1 saturated heterocycles. The minimum atomic E-state index is 0.454. The number of anilines is 4. The quantitative estimate of drug-likeness (QED) is 0.401. The lowest BCUT2D eigenvalue weighted by Crippen LogP contribution is -2.47. The highest BCUT2D eigenvalue weighted by Crippen LogP contribution is 2.27. The second-order valence-corrected chi connectivity index (χ2v) is 8.36. The van der Waals surface area contributed by atoms with Crippen molar-refractivity contribution in [3.05, 3.63) is 78.4 Å². The molecule has 4 aromatic rings. The first-order valence-electron chi connectivity index (χ1n) is 11.7. The van der Waals surface area contributed by atoms with Crippen LogP contribution in [0.5, 0.6) is 11.5 Å². The molecule has 5 rings (SSSR count). The molecule has 184 valence electrons. The Morgan fingerprint density at radius 3 is 2.03 bits per heavy atom. The average Bonchev–Trinajstić information content (AvgIpc) is 2.94. The zero-order valence-electron chi connectivity index (χ0n) is 20.3. The Bertz CT molecular complexity index is 1260. The summed E-state index contributed by atoms with van der Waals surface area (Å²) in [5.74, 6) is 3.18. The molecule has 10 nitrogen and oxygen atoms in total. The molecule has 1 N–H and O–H groups in total. The van der Waals surface area contributed by atoms with Crippen molar-refractivity contribution >= 4 is 23.5 Å². The van der Waals surface area contributed by atoms with E-state index in [-0.39, 0.29) is 0 Å². The number of methoxy groups -OCH3 is 2. The Balaban J connectivity index is 1.20. The maximum Gasteiger partial charge on any atom is 0.232 e. The Hall–Kier alpha value is -4.47. The molecule has 0 aliphatic carbocycles. The van der Waals surface area contributed by atoms with Crippen LogP contribution in [0.3, 0.4) is 0 Å². The van der Waals surface area contributed by atoms with E-state index in [1.54, 1.807) is 14.2 Å². The molecule has 0 unspecified atom stereocenters. The number of benzene rings is 2. The predicted octanol–water partition coefficient (Wildman–Crippen LogP) is 3.34. The predicted molar refractivity (Wildman–Crippen MR) is 138 cm³/mol. The molecule has 0 amide bonds. The lowest BCUT2D eigenvalue weighted by Gasteiger charge is -2.34. The third kappa shape index (κ3) is 5.60. The van der Waals surface area contributed by atoms with Crippen LogP contribution in [0.4, 0.5) is 23.5 Å². The van der Waals surface area contributed by atoms with Gasteiger partial charge in [-0.15, -0.1) is 0 Å². The van der Waals surface area contributed by atoms with Crippen LogP contribution in [0.25, 0.3) is 0 Å². The van der Waals surface area contributed by atoms with Gasteiger partial charge < -0.3 is 24.6 Å². The van der Waals surface area contributed by atoms with Crippen molar-refractivity contribution in [1.29, 1.82) is 0 Å². The summed E-state index contributed by atoms with van der Waals surface area (Å²) in [7, 11) is 3.23. The van der Waals surface area contributed by atoms with E-state index in [9.17, 15) is 0 Å². The number of rotatable bonds is 8. The van der Waals surface area contributed by atoms with Crippen LogP contribution in [-0.2, 0) is 6.42 Å². The number of ether oxygens (including phenoxy) is 2. The van der Waals surface area contributed by atoms with Crippen LogP contribution in [-0.4, -0.2) is 65.3 Å². The van der Waals surface area contributed by atoms with Gasteiger partial charge >= 0.3 is 0 Å². The van der Waals surface area contributed by atoms with E-state index < -0.39 is 0 Å². The van der Waals surface area contributed by atoms with E-state index in [1.807, 2.05) is 48.8 Å². The summed E-state index contributed by atoms with van der Waals surface area (Å²) in [5.41, 5.74) is 3.11. The van der Waals surface area contributed by atoms with E-state index in [4.69, 9.17) is 9.47 Å². The van der Waals surface area contributed by atoms with E-state index in [0.717, 1.165) is 49.8 Å². The normalized spacial score (nSPS) is 13.4. The molecule has 2 aromatic heterocycles. The van der Waals surface area contributed by atoms with Crippen molar-refractivity contribution in [2.75, 3.05) is 55.5 Å².